The number of nitrogens with one attached hydrogen (secondary N) is 1. The number of amides is 2. The Balaban J connectivity index is 1.66. The minimum absolute atomic E-state index is 0.111. The standard InChI is InChI=1S/C26H32N2O3/c1-4-13-27-25(29)18(3)31-22-11-10-19-12-14-28(26(30)20-8-9-20)24(23(19)16-22)21-7-5-6-17(2)15-21/h5-7,10-11,15-16,18,20,24H,4,8-9,12-14H2,1-3H3,(H,27,29)/t18-,24-/m0/s1. The van der Waals surface area contributed by atoms with Crippen molar-refractivity contribution in [2.24, 2.45) is 5.92 Å². The van der Waals surface area contributed by atoms with Gasteiger partial charge in [-0.25, -0.2) is 0 Å². The number of hydrogen-bond donors (Lipinski definition) is 1. The van der Waals surface area contributed by atoms with Gasteiger partial charge in [0.15, 0.2) is 6.10 Å². The van der Waals surface area contributed by atoms with Gasteiger partial charge < -0.3 is 15.0 Å². The van der Waals surface area contributed by atoms with Crippen molar-refractivity contribution in [3.05, 3.63) is 64.7 Å². The Kier molecular flexibility index (Phi) is 6.30. The van der Waals surface area contributed by atoms with Crippen LogP contribution in [-0.2, 0) is 16.0 Å². The fraction of sp³-hybridized carbons (Fsp3) is 0.462. The highest BCUT2D eigenvalue weighted by molar-refractivity contribution is 5.82. The van der Waals surface area contributed by atoms with Crippen molar-refractivity contribution in [3.63, 3.8) is 0 Å². The number of aryl methyl sites for hydroxylation is 1. The summed E-state index contributed by atoms with van der Waals surface area (Å²) in [5.41, 5.74) is 4.64. The van der Waals surface area contributed by atoms with Crippen LogP contribution in [0.5, 0.6) is 5.75 Å². The van der Waals surface area contributed by atoms with Crippen molar-refractivity contribution in [1.82, 2.24) is 10.2 Å². The zero-order valence-corrected chi connectivity index (χ0v) is 18.7. The molecule has 0 bridgehead atoms. The topological polar surface area (TPSA) is 58.6 Å². The molecule has 0 unspecified atom stereocenters. The third kappa shape index (κ3) is 4.76. The van der Waals surface area contributed by atoms with Gasteiger partial charge >= 0.3 is 0 Å². The molecule has 2 aliphatic rings. The predicted molar refractivity (Wildman–Crippen MR) is 121 cm³/mol. The van der Waals surface area contributed by atoms with Gasteiger partial charge in [0.25, 0.3) is 5.91 Å². The van der Waals surface area contributed by atoms with Gasteiger partial charge in [-0.3, -0.25) is 9.59 Å². The summed E-state index contributed by atoms with van der Waals surface area (Å²) >= 11 is 0. The van der Waals surface area contributed by atoms with Crippen LogP contribution in [0.2, 0.25) is 0 Å². The van der Waals surface area contributed by atoms with E-state index in [1.165, 1.54) is 11.1 Å². The molecule has 1 heterocycles. The van der Waals surface area contributed by atoms with E-state index < -0.39 is 6.10 Å². The number of carbonyl (C=O) groups is 2. The van der Waals surface area contributed by atoms with Crippen molar-refractivity contribution in [2.45, 2.75) is 58.6 Å². The molecule has 31 heavy (non-hydrogen) atoms. The van der Waals surface area contributed by atoms with E-state index in [0.717, 1.165) is 43.4 Å². The second-order valence-corrected chi connectivity index (χ2v) is 8.78. The SMILES string of the molecule is CCCNC(=O)[C@H](C)Oc1ccc2c(c1)[C@H](c1cccc(C)c1)N(C(=O)C1CC1)CC2. The summed E-state index contributed by atoms with van der Waals surface area (Å²) in [5.74, 6) is 0.989. The molecule has 2 atom stereocenters. The number of rotatable bonds is 7. The summed E-state index contributed by atoms with van der Waals surface area (Å²) in [6.07, 6.45) is 3.14. The number of fused-ring (bicyclic) bond motifs is 1. The van der Waals surface area contributed by atoms with E-state index in [1.807, 2.05) is 19.1 Å². The van der Waals surface area contributed by atoms with Crippen LogP contribution in [0.15, 0.2) is 42.5 Å². The highest BCUT2D eigenvalue weighted by atomic mass is 16.5. The van der Waals surface area contributed by atoms with Crippen LogP contribution in [0.1, 0.15) is 61.4 Å². The van der Waals surface area contributed by atoms with Crippen molar-refractivity contribution >= 4 is 11.8 Å². The van der Waals surface area contributed by atoms with E-state index in [2.05, 4.69) is 47.5 Å². The average Bonchev–Trinajstić information content (AvgIpc) is 3.61. The lowest BCUT2D eigenvalue weighted by atomic mass is 9.87. The Morgan fingerprint density at radius 3 is 2.71 bits per heavy atom. The van der Waals surface area contributed by atoms with Crippen LogP contribution in [0, 0.1) is 12.8 Å². The summed E-state index contributed by atoms with van der Waals surface area (Å²) in [6.45, 7) is 7.25. The zero-order chi connectivity index (χ0) is 22.0. The molecule has 5 heteroatoms. The Hall–Kier alpha value is -2.82. The summed E-state index contributed by atoms with van der Waals surface area (Å²) in [4.78, 5) is 27.4. The Morgan fingerprint density at radius 1 is 1.19 bits per heavy atom. The smallest absolute Gasteiger partial charge is 0.260 e. The highest BCUT2D eigenvalue weighted by Gasteiger charge is 2.39. The molecular formula is C26H32N2O3. The maximum absolute atomic E-state index is 13.1. The first-order valence-corrected chi connectivity index (χ1v) is 11.4. The van der Waals surface area contributed by atoms with E-state index in [0.29, 0.717) is 12.3 Å². The van der Waals surface area contributed by atoms with Crippen molar-refractivity contribution < 1.29 is 14.3 Å². The van der Waals surface area contributed by atoms with Crippen LogP contribution < -0.4 is 10.1 Å². The molecule has 0 spiro atoms. The first kappa shape index (κ1) is 21.4. The number of hydrogen-bond acceptors (Lipinski definition) is 3. The summed E-state index contributed by atoms with van der Waals surface area (Å²) in [7, 11) is 0. The Morgan fingerprint density at radius 2 is 2.00 bits per heavy atom. The largest absolute Gasteiger partial charge is 0.481 e. The van der Waals surface area contributed by atoms with Gasteiger partial charge in [-0.15, -0.1) is 0 Å². The lowest BCUT2D eigenvalue weighted by Crippen LogP contribution is -2.41. The molecular weight excluding hydrogens is 388 g/mol. The van der Waals surface area contributed by atoms with Crippen molar-refractivity contribution in [3.8, 4) is 5.75 Å². The molecule has 0 radical (unpaired) electrons. The van der Waals surface area contributed by atoms with E-state index >= 15 is 0 Å². The number of benzene rings is 2. The molecule has 0 aromatic heterocycles. The minimum atomic E-state index is -0.574. The maximum Gasteiger partial charge on any atom is 0.260 e. The lowest BCUT2D eigenvalue weighted by Gasteiger charge is -2.38. The van der Waals surface area contributed by atoms with E-state index in [1.54, 1.807) is 6.92 Å². The second-order valence-electron chi connectivity index (χ2n) is 8.78. The monoisotopic (exact) mass is 420 g/mol. The minimum Gasteiger partial charge on any atom is -0.481 e. The zero-order valence-electron chi connectivity index (χ0n) is 18.7. The van der Waals surface area contributed by atoms with Gasteiger partial charge in [-0.05, 0) is 68.4 Å². The first-order chi connectivity index (χ1) is 15.0. The molecule has 1 saturated carbocycles. The quantitative estimate of drug-likeness (QED) is 0.731. The molecule has 1 aliphatic carbocycles. The lowest BCUT2D eigenvalue weighted by molar-refractivity contribution is -0.134. The fourth-order valence-electron chi connectivity index (χ4n) is 4.32. The molecule has 1 fully saturated rings. The number of ether oxygens (including phenoxy) is 1. The highest BCUT2D eigenvalue weighted by Crippen LogP contribution is 2.41. The molecule has 2 aromatic carbocycles. The Labute approximate surface area is 184 Å². The van der Waals surface area contributed by atoms with Crippen LogP contribution in [0.3, 0.4) is 0 Å². The van der Waals surface area contributed by atoms with Crippen LogP contribution in [-0.4, -0.2) is 35.9 Å². The first-order valence-electron chi connectivity index (χ1n) is 11.4. The molecule has 2 amide bonds. The molecule has 0 saturated heterocycles. The van der Waals surface area contributed by atoms with Crippen LogP contribution >= 0.6 is 0 Å². The van der Waals surface area contributed by atoms with Gasteiger partial charge in [0.1, 0.15) is 5.75 Å². The molecule has 1 aliphatic heterocycles. The maximum atomic E-state index is 13.1. The number of nitrogens with zero attached hydrogens (tertiary/aromatic N) is 1. The molecule has 2 aromatic rings. The van der Waals surface area contributed by atoms with Crippen LogP contribution in [0.25, 0.3) is 0 Å². The summed E-state index contributed by atoms with van der Waals surface area (Å²) in [6, 6.07) is 14.3. The predicted octanol–water partition coefficient (Wildman–Crippen LogP) is 4.17. The molecule has 1 N–H and O–H groups in total. The van der Waals surface area contributed by atoms with Crippen molar-refractivity contribution in [1.29, 1.82) is 0 Å². The number of carbonyl (C=O) groups excluding carboxylic acids is 2. The fourth-order valence-corrected chi connectivity index (χ4v) is 4.32. The van der Waals surface area contributed by atoms with E-state index in [-0.39, 0.29) is 23.8 Å². The van der Waals surface area contributed by atoms with Gasteiger partial charge in [0, 0.05) is 19.0 Å². The van der Waals surface area contributed by atoms with Gasteiger partial charge in [0.2, 0.25) is 5.91 Å². The third-order valence-corrected chi connectivity index (χ3v) is 6.14. The van der Waals surface area contributed by atoms with E-state index in [9.17, 15) is 9.59 Å². The van der Waals surface area contributed by atoms with Crippen molar-refractivity contribution in [2.75, 3.05) is 13.1 Å². The normalized spacial score (nSPS) is 18.8. The second kappa shape index (κ2) is 9.13. The van der Waals surface area contributed by atoms with Crippen LogP contribution in [0.4, 0.5) is 0 Å². The molecule has 5 nitrogen and oxygen atoms in total. The third-order valence-electron chi connectivity index (χ3n) is 6.14. The average molecular weight is 421 g/mol. The summed E-state index contributed by atoms with van der Waals surface area (Å²) < 4.78 is 5.99. The van der Waals surface area contributed by atoms with Gasteiger partial charge in [-0.2, -0.15) is 0 Å². The van der Waals surface area contributed by atoms with E-state index in [4.69, 9.17) is 4.74 Å². The molecule has 164 valence electrons. The van der Waals surface area contributed by atoms with Gasteiger partial charge in [0.05, 0.1) is 6.04 Å². The molecule has 4 rings (SSSR count). The van der Waals surface area contributed by atoms with Gasteiger partial charge in [-0.1, -0.05) is 42.8 Å². The summed E-state index contributed by atoms with van der Waals surface area (Å²) in [5, 5.41) is 2.88. The Bertz CT molecular complexity index is 967.